The molecule has 106 valence electrons. The monoisotopic (exact) mass is 260 g/mol. The standard InChI is InChI=1S/C17H28N2/c1-13(2)10-15-4-6-16(7-5-15)12-19-9-8-17(18)11-14(19)3/h4-7,13-14,17H,8-12,18H2,1-3H3. The first-order valence-electron chi connectivity index (χ1n) is 7.62. The molecule has 1 aromatic rings. The Morgan fingerprint density at radius 3 is 2.42 bits per heavy atom. The van der Waals surface area contributed by atoms with Gasteiger partial charge in [-0.2, -0.15) is 0 Å². The second-order valence-electron chi connectivity index (χ2n) is 6.52. The highest BCUT2D eigenvalue weighted by Crippen LogP contribution is 2.19. The van der Waals surface area contributed by atoms with Crippen LogP contribution in [0.5, 0.6) is 0 Å². The Morgan fingerprint density at radius 2 is 1.84 bits per heavy atom. The topological polar surface area (TPSA) is 29.3 Å². The number of nitrogens with zero attached hydrogens (tertiary/aromatic N) is 1. The van der Waals surface area contributed by atoms with E-state index in [1.165, 1.54) is 17.5 Å². The summed E-state index contributed by atoms with van der Waals surface area (Å²) in [7, 11) is 0. The number of likely N-dealkylation sites (tertiary alicyclic amines) is 1. The second kappa shape index (κ2) is 6.53. The number of nitrogens with two attached hydrogens (primary N) is 1. The molecule has 1 fully saturated rings. The van der Waals surface area contributed by atoms with Crippen molar-refractivity contribution in [3.05, 3.63) is 35.4 Å². The molecule has 0 aliphatic carbocycles. The van der Waals surface area contributed by atoms with Crippen molar-refractivity contribution < 1.29 is 0 Å². The Bertz CT molecular complexity index is 383. The van der Waals surface area contributed by atoms with Crippen LogP contribution < -0.4 is 5.73 Å². The lowest BCUT2D eigenvalue weighted by Gasteiger charge is -2.36. The van der Waals surface area contributed by atoms with Crippen LogP contribution in [-0.4, -0.2) is 23.5 Å². The van der Waals surface area contributed by atoms with Gasteiger partial charge in [0.2, 0.25) is 0 Å². The van der Waals surface area contributed by atoms with Crippen LogP contribution in [0.15, 0.2) is 24.3 Å². The van der Waals surface area contributed by atoms with Gasteiger partial charge >= 0.3 is 0 Å². The van der Waals surface area contributed by atoms with E-state index in [1.807, 2.05) is 0 Å². The Kier molecular flexibility index (Phi) is 5.00. The molecule has 2 rings (SSSR count). The lowest BCUT2D eigenvalue weighted by atomic mass is 9.97. The van der Waals surface area contributed by atoms with Gasteiger partial charge in [0.05, 0.1) is 0 Å². The highest BCUT2D eigenvalue weighted by atomic mass is 15.2. The Morgan fingerprint density at radius 1 is 1.21 bits per heavy atom. The predicted octanol–water partition coefficient (Wildman–Crippen LogP) is 3.20. The summed E-state index contributed by atoms with van der Waals surface area (Å²) in [4.78, 5) is 2.56. The maximum atomic E-state index is 6.02. The van der Waals surface area contributed by atoms with Gasteiger partial charge in [0.25, 0.3) is 0 Å². The van der Waals surface area contributed by atoms with Crippen molar-refractivity contribution >= 4 is 0 Å². The number of hydrogen-bond acceptors (Lipinski definition) is 2. The van der Waals surface area contributed by atoms with Crippen molar-refractivity contribution in [3.8, 4) is 0 Å². The maximum absolute atomic E-state index is 6.02. The summed E-state index contributed by atoms with van der Waals surface area (Å²) in [5.41, 5.74) is 8.90. The molecule has 1 aromatic carbocycles. The van der Waals surface area contributed by atoms with E-state index in [0.29, 0.717) is 12.1 Å². The first-order valence-corrected chi connectivity index (χ1v) is 7.62. The predicted molar refractivity (Wildman–Crippen MR) is 82.1 cm³/mol. The van der Waals surface area contributed by atoms with E-state index in [4.69, 9.17) is 5.73 Å². The molecule has 19 heavy (non-hydrogen) atoms. The van der Waals surface area contributed by atoms with Crippen molar-refractivity contribution in [1.82, 2.24) is 4.90 Å². The fourth-order valence-electron chi connectivity index (χ4n) is 2.98. The van der Waals surface area contributed by atoms with Gasteiger partial charge < -0.3 is 5.73 Å². The number of rotatable bonds is 4. The van der Waals surface area contributed by atoms with E-state index in [-0.39, 0.29) is 0 Å². The first kappa shape index (κ1) is 14.5. The molecule has 2 heteroatoms. The van der Waals surface area contributed by atoms with Gasteiger partial charge in [0.1, 0.15) is 0 Å². The molecular weight excluding hydrogens is 232 g/mol. The molecule has 0 saturated carbocycles. The van der Waals surface area contributed by atoms with E-state index >= 15 is 0 Å². The Hall–Kier alpha value is -0.860. The molecule has 1 aliphatic heterocycles. The summed E-state index contributed by atoms with van der Waals surface area (Å²) in [5, 5.41) is 0. The van der Waals surface area contributed by atoms with Crippen molar-refractivity contribution in [2.75, 3.05) is 6.54 Å². The van der Waals surface area contributed by atoms with Gasteiger partial charge in [-0.3, -0.25) is 4.90 Å². The van der Waals surface area contributed by atoms with Crippen LogP contribution in [-0.2, 0) is 13.0 Å². The number of hydrogen-bond donors (Lipinski definition) is 1. The lowest BCUT2D eigenvalue weighted by Crippen LogP contribution is -2.44. The van der Waals surface area contributed by atoms with Gasteiger partial charge in [-0.1, -0.05) is 38.1 Å². The summed E-state index contributed by atoms with van der Waals surface area (Å²) in [6.45, 7) is 9.04. The molecule has 0 aromatic heterocycles. The summed E-state index contributed by atoms with van der Waals surface area (Å²) in [5.74, 6) is 0.731. The molecule has 2 unspecified atom stereocenters. The van der Waals surface area contributed by atoms with E-state index in [1.54, 1.807) is 0 Å². The normalized spacial score (nSPS) is 24.9. The molecule has 0 spiro atoms. The molecule has 0 amide bonds. The molecular formula is C17H28N2. The third-order valence-corrected chi connectivity index (χ3v) is 4.11. The lowest BCUT2D eigenvalue weighted by molar-refractivity contribution is 0.140. The zero-order chi connectivity index (χ0) is 13.8. The van der Waals surface area contributed by atoms with Crippen LogP contribution in [0.2, 0.25) is 0 Å². The molecule has 0 radical (unpaired) electrons. The molecule has 2 N–H and O–H groups in total. The fraction of sp³-hybridized carbons (Fsp3) is 0.647. The van der Waals surface area contributed by atoms with Crippen LogP contribution in [0.3, 0.4) is 0 Å². The largest absolute Gasteiger partial charge is 0.328 e. The number of piperidine rings is 1. The first-order chi connectivity index (χ1) is 9.04. The minimum absolute atomic E-state index is 0.402. The molecule has 1 aliphatic rings. The highest BCUT2D eigenvalue weighted by Gasteiger charge is 2.22. The van der Waals surface area contributed by atoms with Crippen molar-refractivity contribution in [3.63, 3.8) is 0 Å². The average molecular weight is 260 g/mol. The van der Waals surface area contributed by atoms with Crippen LogP contribution in [0.4, 0.5) is 0 Å². The fourth-order valence-corrected chi connectivity index (χ4v) is 2.98. The quantitative estimate of drug-likeness (QED) is 0.901. The van der Waals surface area contributed by atoms with E-state index in [2.05, 4.69) is 49.9 Å². The second-order valence-corrected chi connectivity index (χ2v) is 6.52. The highest BCUT2D eigenvalue weighted by molar-refractivity contribution is 5.23. The van der Waals surface area contributed by atoms with E-state index in [9.17, 15) is 0 Å². The van der Waals surface area contributed by atoms with Crippen molar-refractivity contribution in [1.29, 1.82) is 0 Å². The Labute approximate surface area is 118 Å². The van der Waals surface area contributed by atoms with E-state index < -0.39 is 0 Å². The van der Waals surface area contributed by atoms with Crippen molar-refractivity contribution in [2.45, 2.75) is 58.7 Å². The van der Waals surface area contributed by atoms with Gasteiger partial charge in [0.15, 0.2) is 0 Å². The summed E-state index contributed by atoms with van der Waals surface area (Å²) >= 11 is 0. The van der Waals surface area contributed by atoms with Gasteiger partial charge in [0, 0.05) is 25.2 Å². The molecule has 1 heterocycles. The zero-order valence-electron chi connectivity index (χ0n) is 12.6. The van der Waals surface area contributed by atoms with Gasteiger partial charge in [-0.25, -0.2) is 0 Å². The van der Waals surface area contributed by atoms with Crippen LogP contribution in [0.25, 0.3) is 0 Å². The van der Waals surface area contributed by atoms with E-state index in [0.717, 1.165) is 31.8 Å². The average Bonchev–Trinajstić information content (AvgIpc) is 2.34. The van der Waals surface area contributed by atoms with Crippen LogP contribution in [0, 0.1) is 5.92 Å². The zero-order valence-corrected chi connectivity index (χ0v) is 12.6. The third kappa shape index (κ3) is 4.32. The summed E-state index contributed by atoms with van der Waals surface area (Å²) < 4.78 is 0. The number of benzene rings is 1. The molecule has 2 nitrogen and oxygen atoms in total. The summed E-state index contributed by atoms with van der Waals surface area (Å²) in [6.07, 6.45) is 3.44. The van der Waals surface area contributed by atoms with Crippen LogP contribution >= 0.6 is 0 Å². The Balaban J connectivity index is 1.92. The van der Waals surface area contributed by atoms with Crippen LogP contribution in [0.1, 0.15) is 44.7 Å². The van der Waals surface area contributed by atoms with Gasteiger partial charge in [-0.05, 0) is 43.2 Å². The van der Waals surface area contributed by atoms with Gasteiger partial charge in [-0.15, -0.1) is 0 Å². The molecule has 2 atom stereocenters. The SMILES string of the molecule is CC(C)Cc1ccc(CN2CCC(N)CC2C)cc1. The third-order valence-electron chi connectivity index (χ3n) is 4.11. The minimum atomic E-state index is 0.402. The molecule has 0 bridgehead atoms. The summed E-state index contributed by atoms with van der Waals surface area (Å²) in [6, 6.07) is 10.2. The maximum Gasteiger partial charge on any atom is 0.0236 e. The minimum Gasteiger partial charge on any atom is -0.328 e. The van der Waals surface area contributed by atoms with Crippen molar-refractivity contribution in [2.24, 2.45) is 11.7 Å². The smallest absolute Gasteiger partial charge is 0.0236 e. The molecule has 1 saturated heterocycles.